The van der Waals surface area contributed by atoms with Crippen molar-refractivity contribution >= 4 is 13.7 Å². The van der Waals surface area contributed by atoms with E-state index < -0.39 is 20.0 Å². The second-order valence-electron chi connectivity index (χ2n) is 18.5. The number of unbranched alkanes of at least 4 members (excludes halogenated alkanes) is 39. The van der Waals surface area contributed by atoms with Gasteiger partial charge in [-0.3, -0.25) is 13.8 Å². The van der Waals surface area contributed by atoms with Gasteiger partial charge in [0.05, 0.1) is 25.4 Å². The molecule has 9 heteroatoms. The molecule has 61 heavy (non-hydrogen) atoms. The Morgan fingerprint density at radius 3 is 1.16 bits per heavy atom. The third-order valence-electron chi connectivity index (χ3n) is 12.4. The summed E-state index contributed by atoms with van der Waals surface area (Å²) < 4.78 is 22.2. The van der Waals surface area contributed by atoms with Gasteiger partial charge >= 0.3 is 7.82 Å². The summed E-state index contributed by atoms with van der Waals surface area (Å²) in [5.41, 5.74) is 5.40. The van der Waals surface area contributed by atoms with Crippen molar-refractivity contribution in [3.05, 3.63) is 12.2 Å². The van der Waals surface area contributed by atoms with Gasteiger partial charge in [0.1, 0.15) is 0 Å². The molecule has 0 fully saturated rings. The third kappa shape index (κ3) is 47.0. The first-order valence-electron chi connectivity index (χ1n) is 26.8. The summed E-state index contributed by atoms with van der Waals surface area (Å²) in [6.07, 6.45) is 57.1. The molecule has 0 saturated carbocycles. The van der Waals surface area contributed by atoms with E-state index in [1.165, 1.54) is 225 Å². The Kier molecular flexibility index (Phi) is 48.1. The van der Waals surface area contributed by atoms with Crippen LogP contribution in [-0.4, -0.2) is 47.8 Å². The molecule has 0 aromatic rings. The van der Waals surface area contributed by atoms with Crippen LogP contribution in [0.15, 0.2) is 12.2 Å². The molecule has 0 saturated heterocycles. The van der Waals surface area contributed by atoms with E-state index in [1.54, 1.807) is 6.08 Å². The van der Waals surface area contributed by atoms with Gasteiger partial charge in [-0.05, 0) is 19.3 Å². The second-order valence-corrected chi connectivity index (χ2v) is 19.9. The average molecular weight is 885 g/mol. The molecule has 0 radical (unpaired) electrons. The van der Waals surface area contributed by atoms with Gasteiger partial charge in [-0.2, -0.15) is 0 Å². The highest BCUT2D eigenvalue weighted by Crippen LogP contribution is 2.43. The standard InChI is InChI=1S/C52H105N2O6P/c1-3-5-7-9-11-13-15-17-19-21-23-24-25-26-28-30-32-34-36-38-40-42-44-46-52(56)54-50(49-60-61(57,58)59-48-47-53)51(55)45-43-41-39-37-35-33-31-29-27-22-20-18-16-14-12-10-8-6-4-2/h43,45,50-51,55H,3-42,44,46-49,53H2,1-2H3,(H,54,56)(H,57,58)/b45-43+. The average Bonchev–Trinajstić information content (AvgIpc) is 3.25. The van der Waals surface area contributed by atoms with Crippen molar-refractivity contribution < 1.29 is 28.4 Å². The summed E-state index contributed by atoms with van der Waals surface area (Å²) in [5.74, 6) is -0.187. The Labute approximate surface area is 379 Å². The monoisotopic (exact) mass is 885 g/mol. The summed E-state index contributed by atoms with van der Waals surface area (Å²) in [5, 5.41) is 13.8. The molecule has 0 aromatic carbocycles. The van der Waals surface area contributed by atoms with Crippen molar-refractivity contribution in [3.8, 4) is 0 Å². The van der Waals surface area contributed by atoms with Crippen molar-refractivity contribution in [2.75, 3.05) is 19.8 Å². The highest BCUT2D eigenvalue weighted by Gasteiger charge is 2.26. The molecule has 364 valence electrons. The summed E-state index contributed by atoms with van der Waals surface area (Å²) in [6.45, 7) is 4.19. The van der Waals surface area contributed by atoms with Crippen LogP contribution in [-0.2, 0) is 18.4 Å². The lowest BCUT2D eigenvalue weighted by molar-refractivity contribution is -0.123. The van der Waals surface area contributed by atoms with Gasteiger partial charge in [-0.1, -0.05) is 270 Å². The Morgan fingerprint density at radius 1 is 0.525 bits per heavy atom. The summed E-state index contributed by atoms with van der Waals surface area (Å²) >= 11 is 0. The lowest BCUT2D eigenvalue weighted by Crippen LogP contribution is -2.45. The topological polar surface area (TPSA) is 131 Å². The Morgan fingerprint density at radius 2 is 0.836 bits per heavy atom. The minimum Gasteiger partial charge on any atom is -0.387 e. The van der Waals surface area contributed by atoms with Crippen LogP contribution in [0.4, 0.5) is 0 Å². The predicted octanol–water partition coefficient (Wildman–Crippen LogP) is 15.9. The zero-order chi connectivity index (χ0) is 44.6. The van der Waals surface area contributed by atoms with Gasteiger partial charge in [0.15, 0.2) is 0 Å². The van der Waals surface area contributed by atoms with Crippen LogP contribution in [0.5, 0.6) is 0 Å². The summed E-state index contributed by atoms with van der Waals surface area (Å²) in [7, 11) is -4.34. The van der Waals surface area contributed by atoms with E-state index >= 15 is 0 Å². The molecule has 0 aliphatic rings. The van der Waals surface area contributed by atoms with Crippen molar-refractivity contribution in [2.24, 2.45) is 5.73 Å². The van der Waals surface area contributed by atoms with E-state index in [9.17, 15) is 19.4 Å². The molecule has 0 aromatic heterocycles. The maximum atomic E-state index is 12.8. The van der Waals surface area contributed by atoms with Crippen LogP contribution in [0.25, 0.3) is 0 Å². The molecule has 0 heterocycles. The largest absolute Gasteiger partial charge is 0.472 e. The van der Waals surface area contributed by atoms with Gasteiger partial charge in [-0.15, -0.1) is 0 Å². The number of nitrogens with one attached hydrogen (secondary N) is 1. The molecule has 1 amide bonds. The van der Waals surface area contributed by atoms with Gasteiger partial charge in [0, 0.05) is 13.0 Å². The van der Waals surface area contributed by atoms with Crippen LogP contribution < -0.4 is 11.1 Å². The Hall–Kier alpha value is -0.760. The molecule has 0 rings (SSSR count). The number of carbonyl (C=O) groups excluding carboxylic acids is 1. The Bertz CT molecular complexity index is 968. The number of hydrogen-bond donors (Lipinski definition) is 4. The molecular weight excluding hydrogens is 780 g/mol. The molecule has 8 nitrogen and oxygen atoms in total. The maximum Gasteiger partial charge on any atom is 0.472 e. The molecular formula is C52H105N2O6P. The van der Waals surface area contributed by atoms with Gasteiger partial charge in [0.25, 0.3) is 0 Å². The zero-order valence-electron chi connectivity index (χ0n) is 40.7. The second kappa shape index (κ2) is 48.7. The number of hydrogen-bond acceptors (Lipinski definition) is 6. The first kappa shape index (κ1) is 60.2. The lowest BCUT2D eigenvalue weighted by Gasteiger charge is -2.23. The smallest absolute Gasteiger partial charge is 0.387 e. The molecule has 0 spiro atoms. The van der Waals surface area contributed by atoms with E-state index in [1.807, 2.05) is 6.08 Å². The fourth-order valence-electron chi connectivity index (χ4n) is 8.31. The van der Waals surface area contributed by atoms with Gasteiger partial charge < -0.3 is 21.1 Å². The number of rotatable bonds is 51. The van der Waals surface area contributed by atoms with Crippen molar-refractivity contribution in [3.63, 3.8) is 0 Å². The highest BCUT2D eigenvalue weighted by molar-refractivity contribution is 7.47. The van der Waals surface area contributed by atoms with Crippen molar-refractivity contribution in [2.45, 2.75) is 296 Å². The number of nitrogens with two attached hydrogens (primary N) is 1. The fourth-order valence-corrected chi connectivity index (χ4v) is 9.07. The quantitative estimate of drug-likeness (QED) is 0.0272. The molecule has 5 N–H and O–H groups in total. The SMILES string of the molecule is CCCCCCCCCCCCCCCCCCC/C=C/C(O)C(COP(=O)(O)OCCN)NC(=O)CCCCCCCCCCCCCCCCCCCCCCCCC. The number of phosphoric acid groups is 1. The van der Waals surface area contributed by atoms with Crippen molar-refractivity contribution in [1.29, 1.82) is 0 Å². The van der Waals surface area contributed by atoms with E-state index in [4.69, 9.17) is 14.8 Å². The van der Waals surface area contributed by atoms with Gasteiger partial charge in [0.2, 0.25) is 5.91 Å². The van der Waals surface area contributed by atoms with E-state index in [0.717, 1.165) is 38.5 Å². The summed E-state index contributed by atoms with van der Waals surface area (Å²) in [4.78, 5) is 22.8. The van der Waals surface area contributed by atoms with E-state index in [-0.39, 0.29) is 25.7 Å². The predicted molar refractivity (Wildman–Crippen MR) is 263 cm³/mol. The van der Waals surface area contributed by atoms with Crippen LogP contribution in [0.2, 0.25) is 0 Å². The number of aliphatic hydroxyl groups excluding tert-OH is 1. The number of allylic oxidation sites excluding steroid dienone is 1. The first-order chi connectivity index (χ1) is 29.9. The normalized spacial score (nSPS) is 13.9. The summed E-state index contributed by atoms with van der Waals surface area (Å²) in [6, 6.07) is -0.856. The van der Waals surface area contributed by atoms with Gasteiger partial charge in [-0.25, -0.2) is 4.57 Å². The van der Waals surface area contributed by atoms with Crippen LogP contribution in [0.1, 0.15) is 284 Å². The van der Waals surface area contributed by atoms with Crippen LogP contribution >= 0.6 is 7.82 Å². The molecule has 0 bridgehead atoms. The molecule has 3 unspecified atom stereocenters. The number of phosphoric ester groups is 1. The first-order valence-corrected chi connectivity index (χ1v) is 28.3. The number of carbonyl (C=O) groups is 1. The Balaban J connectivity index is 4.02. The number of aliphatic hydroxyl groups is 1. The number of amides is 1. The third-order valence-corrected chi connectivity index (χ3v) is 13.3. The lowest BCUT2D eigenvalue weighted by atomic mass is 10.0. The van der Waals surface area contributed by atoms with E-state index in [2.05, 4.69) is 19.2 Å². The molecule has 0 aliphatic heterocycles. The highest BCUT2D eigenvalue weighted by atomic mass is 31.2. The zero-order valence-corrected chi connectivity index (χ0v) is 41.6. The minimum atomic E-state index is -4.34. The minimum absolute atomic E-state index is 0.0817. The molecule has 0 aliphatic carbocycles. The van der Waals surface area contributed by atoms with Crippen molar-refractivity contribution in [1.82, 2.24) is 5.32 Å². The van der Waals surface area contributed by atoms with E-state index in [0.29, 0.717) is 6.42 Å². The maximum absolute atomic E-state index is 12.8. The fraction of sp³-hybridized carbons (Fsp3) is 0.942. The van der Waals surface area contributed by atoms with Crippen LogP contribution in [0, 0.1) is 0 Å². The van der Waals surface area contributed by atoms with Crippen LogP contribution in [0.3, 0.4) is 0 Å². The molecule has 3 atom stereocenters.